The molecule has 3 aromatic rings. The summed E-state index contributed by atoms with van der Waals surface area (Å²) >= 11 is 5.89. The Morgan fingerprint density at radius 3 is 2.29 bits per heavy atom. The molecule has 0 spiro atoms. The number of rotatable bonds is 5. The Balaban J connectivity index is 1.41. The maximum atomic E-state index is 12.3. The van der Waals surface area contributed by atoms with Crippen molar-refractivity contribution in [1.82, 2.24) is 10.1 Å². The molecule has 1 aromatic heterocycles. The number of nitrogens with one attached hydrogen (secondary N) is 1. The molecule has 28 heavy (non-hydrogen) atoms. The smallest absolute Gasteiger partial charge is 0.261 e. The second-order valence-electron chi connectivity index (χ2n) is 6.18. The summed E-state index contributed by atoms with van der Waals surface area (Å²) in [5, 5.41) is 6.94. The predicted molar refractivity (Wildman–Crippen MR) is 102 cm³/mol. The van der Waals surface area contributed by atoms with Crippen molar-refractivity contribution in [2.75, 3.05) is 11.9 Å². The molecule has 1 aliphatic rings. The van der Waals surface area contributed by atoms with Gasteiger partial charge in [-0.05, 0) is 29.8 Å². The van der Waals surface area contributed by atoms with E-state index in [2.05, 4.69) is 10.5 Å². The number of halogens is 1. The van der Waals surface area contributed by atoms with E-state index in [4.69, 9.17) is 16.1 Å². The van der Waals surface area contributed by atoms with Crippen molar-refractivity contribution in [2.24, 2.45) is 0 Å². The first kappa shape index (κ1) is 17.9. The molecule has 7 nitrogen and oxygen atoms in total. The van der Waals surface area contributed by atoms with Gasteiger partial charge in [0.15, 0.2) is 0 Å². The molecular formula is C20H14ClN3O4. The van der Waals surface area contributed by atoms with E-state index in [-0.39, 0.29) is 18.8 Å². The third-order valence-corrected chi connectivity index (χ3v) is 4.67. The molecule has 3 amide bonds. The molecule has 0 saturated carbocycles. The van der Waals surface area contributed by atoms with E-state index in [9.17, 15) is 14.4 Å². The van der Waals surface area contributed by atoms with Crippen LogP contribution in [0, 0.1) is 0 Å². The molecule has 0 atom stereocenters. The van der Waals surface area contributed by atoms with Crippen molar-refractivity contribution in [3.8, 4) is 11.1 Å². The summed E-state index contributed by atoms with van der Waals surface area (Å²) in [6, 6.07) is 13.6. The van der Waals surface area contributed by atoms with Crippen molar-refractivity contribution in [3.05, 3.63) is 70.9 Å². The number of carbonyl (C=O) groups excluding carboxylic acids is 3. The average Bonchev–Trinajstić information content (AvgIpc) is 3.25. The monoisotopic (exact) mass is 395 g/mol. The third-order valence-electron chi connectivity index (χ3n) is 4.42. The molecule has 0 unspecified atom stereocenters. The van der Waals surface area contributed by atoms with Gasteiger partial charge in [0.05, 0.1) is 22.9 Å². The molecule has 0 bridgehead atoms. The van der Waals surface area contributed by atoms with Crippen molar-refractivity contribution in [1.29, 1.82) is 0 Å². The van der Waals surface area contributed by atoms with Gasteiger partial charge < -0.3 is 4.52 Å². The second-order valence-corrected chi connectivity index (χ2v) is 6.62. The lowest BCUT2D eigenvalue weighted by molar-refractivity contribution is -0.116. The van der Waals surface area contributed by atoms with E-state index >= 15 is 0 Å². The highest BCUT2D eigenvalue weighted by molar-refractivity contribution is 6.30. The summed E-state index contributed by atoms with van der Waals surface area (Å²) in [5.41, 5.74) is 2.09. The van der Waals surface area contributed by atoms with Crippen LogP contribution in [-0.4, -0.2) is 34.3 Å². The standard InChI is InChI=1S/C20H14ClN3O4/c21-13-7-5-12(6-8-13)16-11-22-28-18(16)23-17(25)9-10-24-19(26)14-3-1-2-4-15(14)20(24)27/h1-8,11H,9-10H2,(H,23,25). The van der Waals surface area contributed by atoms with Crippen molar-refractivity contribution in [3.63, 3.8) is 0 Å². The third kappa shape index (κ3) is 3.27. The van der Waals surface area contributed by atoms with Crippen molar-refractivity contribution in [2.45, 2.75) is 6.42 Å². The minimum Gasteiger partial charge on any atom is -0.338 e. The Hall–Kier alpha value is -3.45. The molecule has 4 rings (SSSR count). The highest BCUT2D eigenvalue weighted by atomic mass is 35.5. The molecule has 140 valence electrons. The van der Waals surface area contributed by atoms with E-state index in [1.165, 1.54) is 6.20 Å². The van der Waals surface area contributed by atoms with Crippen LogP contribution in [0.1, 0.15) is 27.1 Å². The van der Waals surface area contributed by atoms with Crippen LogP contribution in [0.2, 0.25) is 5.02 Å². The maximum Gasteiger partial charge on any atom is 0.261 e. The second kappa shape index (κ2) is 7.28. The fourth-order valence-electron chi connectivity index (χ4n) is 3.01. The fourth-order valence-corrected chi connectivity index (χ4v) is 3.14. The Kier molecular flexibility index (Phi) is 4.67. The number of hydrogen-bond acceptors (Lipinski definition) is 5. The molecule has 8 heteroatoms. The number of aromatic nitrogens is 1. The van der Waals surface area contributed by atoms with E-state index in [1.807, 2.05) is 0 Å². The quantitative estimate of drug-likeness (QED) is 0.666. The minimum atomic E-state index is -0.400. The molecule has 0 fully saturated rings. The van der Waals surface area contributed by atoms with Crippen LogP contribution in [0.15, 0.2) is 59.3 Å². The van der Waals surface area contributed by atoms with E-state index < -0.39 is 17.7 Å². The zero-order valence-corrected chi connectivity index (χ0v) is 15.3. The number of amides is 3. The van der Waals surface area contributed by atoms with Crippen LogP contribution >= 0.6 is 11.6 Å². The number of hydrogen-bond donors (Lipinski definition) is 1. The summed E-state index contributed by atoms with van der Waals surface area (Å²) in [6.07, 6.45) is 1.43. The SMILES string of the molecule is O=C(CCN1C(=O)c2ccccc2C1=O)Nc1oncc1-c1ccc(Cl)cc1. The number of imide groups is 1. The number of fused-ring (bicyclic) bond motifs is 1. The Morgan fingerprint density at radius 1 is 1.00 bits per heavy atom. The molecule has 0 aliphatic carbocycles. The van der Waals surface area contributed by atoms with Gasteiger partial charge >= 0.3 is 0 Å². The lowest BCUT2D eigenvalue weighted by Crippen LogP contribution is -2.32. The first-order valence-corrected chi connectivity index (χ1v) is 8.88. The van der Waals surface area contributed by atoms with Crippen molar-refractivity contribution < 1.29 is 18.9 Å². The summed E-state index contributed by atoms with van der Waals surface area (Å²) in [5.74, 6) is -0.997. The van der Waals surface area contributed by atoms with Crippen LogP contribution in [0.5, 0.6) is 0 Å². The molecule has 0 saturated heterocycles. The van der Waals surface area contributed by atoms with Crippen LogP contribution in [0.3, 0.4) is 0 Å². The maximum absolute atomic E-state index is 12.3. The number of carbonyl (C=O) groups is 3. The lowest BCUT2D eigenvalue weighted by atomic mass is 10.1. The fraction of sp³-hybridized carbons (Fsp3) is 0.100. The van der Waals surface area contributed by atoms with Gasteiger partial charge in [-0.2, -0.15) is 0 Å². The molecule has 1 aliphatic heterocycles. The van der Waals surface area contributed by atoms with Gasteiger partial charge in [-0.15, -0.1) is 0 Å². The van der Waals surface area contributed by atoms with Crippen molar-refractivity contribution >= 4 is 35.2 Å². The molecule has 2 heterocycles. The van der Waals surface area contributed by atoms with E-state index in [0.717, 1.165) is 10.5 Å². The largest absolute Gasteiger partial charge is 0.338 e. The number of anilines is 1. The minimum absolute atomic E-state index is 0.0252. The number of benzene rings is 2. The topological polar surface area (TPSA) is 92.5 Å². The first-order chi connectivity index (χ1) is 13.5. The summed E-state index contributed by atoms with van der Waals surface area (Å²) < 4.78 is 5.12. The number of nitrogens with zero attached hydrogens (tertiary/aromatic N) is 2. The van der Waals surface area contributed by atoms with E-state index in [1.54, 1.807) is 48.5 Å². The van der Waals surface area contributed by atoms with Crippen LogP contribution < -0.4 is 5.32 Å². The Morgan fingerprint density at radius 2 is 1.64 bits per heavy atom. The van der Waals surface area contributed by atoms with Crippen LogP contribution in [0.25, 0.3) is 11.1 Å². The highest BCUT2D eigenvalue weighted by Crippen LogP contribution is 2.29. The van der Waals surface area contributed by atoms with Gasteiger partial charge in [0.25, 0.3) is 11.8 Å². The summed E-state index contributed by atoms with van der Waals surface area (Å²) in [4.78, 5) is 38.1. The van der Waals surface area contributed by atoms with Gasteiger partial charge in [-0.25, -0.2) is 0 Å². The van der Waals surface area contributed by atoms with Gasteiger partial charge in [0, 0.05) is 18.0 Å². The lowest BCUT2D eigenvalue weighted by Gasteiger charge is -2.13. The highest BCUT2D eigenvalue weighted by Gasteiger charge is 2.35. The molecule has 2 aromatic carbocycles. The van der Waals surface area contributed by atoms with Gasteiger partial charge in [-0.1, -0.05) is 41.0 Å². The predicted octanol–water partition coefficient (Wildman–Crippen LogP) is 3.62. The summed E-state index contributed by atoms with van der Waals surface area (Å²) in [6.45, 7) is -0.0252. The normalized spacial score (nSPS) is 13.0. The van der Waals surface area contributed by atoms with Crippen LogP contribution in [0.4, 0.5) is 5.88 Å². The van der Waals surface area contributed by atoms with Gasteiger partial charge in [-0.3, -0.25) is 24.6 Å². The molecule has 0 radical (unpaired) electrons. The zero-order valence-electron chi connectivity index (χ0n) is 14.5. The van der Waals surface area contributed by atoms with Crippen LogP contribution in [-0.2, 0) is 4.79 Å². The van der Waals surface area contributed by atoms with E-state index in [0.29, 0.717) is 21.7 Å². The zero-order chi connectivity index (χ0) is 19.7. The Labute approximate surface area is 164 Å². The summed E-state index contributed by atoms with van der Waals surface area (Å²) in [7, 11) is 0. The average molecular weight is 396 g/mol. The van der Waals surface area contributed by atoms with Gasteiger partial charge in [0.2, 0.25) is 11.8 Å². The Bertz CT molecular complexity index is 1040. The molecule has 1 N–H and O–H groups in total. The molecular weight excluding hydrogens is 382 g/mol. The first-order valence-electron chi connectivity index (χ1n) is 8.50. The van der Waals surface area contributed by atoms with Gasteiger partial charge in [0.1, 0.15) is 0 Å².